The lowest BCUT2D eigenvalue weighted by Crippen LogP contribution is -2.56. The summed E-state index contributed by atoms with van der Waals surface area (Å²) in [5.74, 6) is 0.971. The van der Waals surface area contributed by atoms with Crippen LogP contribution in [0.1, 0.15) is 46.2 Å². The number of halogens is 1. The van der Waals surface area contributed by atoms with Crippen LogP contribution in [-0.2, 0) is 9.59 Å². The van der Waals surface area contributed by atoms with E-state index in [1.54, 1.807) is 6.07 Å². The average Bonchev–Trinajstić information content (AvgIpc) is 2.76. The van der Waals surface area contributed by atoms with Crippen molar-refractivity contribution in [3.63, 3.8) is 0 Å². The van der Waals surface area contributed by atoms with E-state index >= 15 is 0 Å². The summed E-state index contributed by atoms with van der Waals surface area (Å²) < 4.78 is 0. The van der Waals surface area contributed by atoms with Crippen LogP contribution < -0.4 is 10.2 Å². The maximum atomic E-state index is 12.7. The molecule has 1 aliphatic rings. The number of hydrogen-bond donors (Lipinski definition) is 1. The Kier molecular flexibility index (Phi) is 8.23. The number of aromatic nitrogens is 2. The van der Waals surface area contributed by atoms with Crippen molar-refractivity contribution in [2.75, 3.05) is 30.3 Å². The van der Waals surface area contributed by atoms with E-state index in [1.165, 1.54) is 11.8 Å². The molecule has 0 bridgehead atoms. The zero-order chi connectivity index (χ0) is 24.2. The fraction of sp³-hybridized carbons (Fsp3) is 0.500. The first-order chi connectivity index (χ1) is 15.5. The molecule has 33 heavy (non-hydrogen) atoms. The zero-order valence-corrected chi connectivity index (χ0v) is 21.4. The lowest BCUT2D eigenvalue weighted by molar-refractivity contribution is -0.142. The van der Waals surface area contributed by atoms with Gasteiger partial charge in [0.1, 0.15) is 11.0 Å². The molecular weight excluding hydrogens is 458 g/mol. The van der Waals surface area contributed by atoms with Gasteiger partial charge in [0.05, 0.1) is 11.8 Å². The highest BCUT2D eigenvalue weighted by molar-refractivity contribution is 7.99. The van der Waals surface area contributed by atoms with Gasteiger partial charge in [-0.2, -0.15) is 0 Å². The van der Waals surface area contributed by atoms with E-state index in [2.05, 4.69) is 20.2 Å². The summed E-state index contributed by atoms with van der Waals surface area (Å²) in [6, 6.07) is 11.5. The summed E-state index contributed by atoms with van der Waals surface area (Å²) in [5, 5.41) is 3.79. The molecule has 178 valence electrons. The molecule has 7 nitrogen and oxygen atoms in total. The first-order valence-electron chi connectivity index (χ1n) is 11.1. The maximum absolute atomic E-state index is 12.7. The van der Waals surface area contributed by atoms with Gasteiger partial charge in [0, 0.05) is 37.2 Å². The molecule has 1 N–H and O–H groups in total. The number of nitrogens with one attached hydrogen (secondary N) is 1. The second-order valence-corrected chi connectivity index (χ2v) is 10.7. The quantitative estimate of drug-likeness (QED) is 0.372. The number of piperazine rings is 1. The van der Waals surface area contributed by atoms with Gasteiger partial charge in [-0.15, -0.1) is 0 Å². The Labute approximate surface area is 205 Å². The number of nitrogens with zero attached hydrogens (tertiary/aromatic N) is 4. The van der Waals surface area contributed by atoms with Crippen molar-refractivity contribution in [1.82, 2.24) is 20.2 Å². The summed E-state index contributed by atoms with van der Waals surface area (Å²) in [5.41, 5.74) is 0.646. The number of anilines is 1. The third-order valence-electron chi connectivity index (χ3n) is 5.52. The monoisotopic (exact) mass is 489 g/mol. The molecule has 2 atom stereocenters. The van der Waals surface area contributed by atoms with E-state index in [1.807, 2.05) is 69.9 Å². The zero-order valence-electron chi connectivity index (χ0n) is 19.8. The van der Waals surface area contributed by atoms with E-state index in [4.69, 9.17) is 11.6 Å². The SMILES string of the molecule is CC(NC(=O)CSc1nc(Cl)cc(N2CCN(C(=O)C(C)(C)C)C(C)C2)n1)c1ccccc1. The molecule has 9 heteroatoms. The largest absolute Gasteiger partial charge is 0.353 e. The number of hydrogen-bond acceptors (Lipinski definition) is 6. The molecule has 1 aliphatic heterocycles. The van der Waals surface area contributed by atoms with Crippen LogP contribution >= 0.6 is 23.4 Å². The third kappa shape index (κ3) is 6.84. The van der Waals surface area contributed by atoms with Crippen LogP contribution in [-0.4, -0.2) is 58.1 Å². The van der Waals surface area contributed by atoms with E-state index < -0.39 is 5.41 Å². The smallest absolute Gasteiger partial charge is 0.230 e. The molecule has 0 aliphatic carbocycles. The van der Waals surface area contributed by atoms with Crippen LogP contribution in [0.2, 0.25) is 5.15 Å². The molecule has 1 saturated heterocycles. The Bertz CT molecular complexity index is 983. The van der Waals surface area contributed by atoms with Gasteiger partial charge in [-0.05, 0) is 19.4 Å². The first kappa shape index (κ1) is 25.3. The standard InChI is InChI=1S/C24H32ClN5O2S/c1-16-14-29(11-12-30(16)22(32)24(3,4)5)20-13-19(25)27-23(28-20)33-15-21(31)26-17(2)18-9-7-6-8-10-18/h6-10,13,16-17H,11-12,14-15H2,1-5H3,(H,26,31). The average molecular weight is 490 g/mol. The van der Waals surface area contributed by atoms with Gasteiger partial charge in [0.15, 0.2) is 5.16 Å². The predicted octanol–water partition coefficient (Wildman–Crippen LogP) is 4.18. The summed E-state index contributed by atoms with van der Waals surface area (Å²) in [4.78, 5) is 38.1. The van der Waals surface area contributed by atoms with Crippen LogP contribution in [0.3, 0.4) is 0 Å². The van der Waals surface area contributed by atoms with Crippen LogP contribution in [0.5, 0.6) is 0 Å². The highest BCUT2D eigenvalue weighted by Gasteiger charge is 2.34. The number of carbonyl (C=O) groups excluding carboxylic acids is 2. The fourth-order valence-corrected chi connectivity index (χ4v) is 4.64. The minimum atomic E-state index is -0.406. The van der Waals surface area contributed by atoms with Crippen LogP contribution in [0, 0.1) is 5.41 Å². The van der Waals surface area contributed by atoms with Crippen molar-refractivity contribution < 1.29 is 9.59 Å². The van der Waals surface area contributed by atoms with Gasteiger partial charge in [-0.1, -0.05) is 74.5 Å². The summed E-state index contributed by atoms with van der Waals surface area (Å²) >= 11 is 7.53. The highest BCUT2D eigenvalue weighted by Crippen LogP contribution is 2.26. The third-order valence-corrected chi connectivity index (χ3v) is 6.57. The highest BCUT2D eigenvalue weighted by atomic mass is 35.5. The summed E-state index contributed by atoms with van der Waals surface area (Å²) in [6.07, 6.45) is 0. The Balaban J connectivity index is 1.60. The molecule has 1 fully saturated rings. The van der Waals surface area contributed by atoms with Crippen molar-refractivity contribution in [3.05, 3.63) is 47.1 Å². The molecule has 0 radical (unpaired) electrons. The number of benzene rings is 1. The molecule has 0 spiro atoms. The molecule has 1 aromatic carbocycles. The molecule has 2 unspecified atom stereocenters. The van der Waals surface area contributed by atoms with Crippen LogP contribution in [0.15, 0.2) is 41.6 Å². The van der Waals surface area contributed by atoms with E-state index in [0.29, 0.717) is 35.8 Å². The minimum Gasteiger partial charge on any atom is -0.353 e. The molecule has 2 aromatic rings. The number of rotatable bonds is 6. The molecule has 1 aromatic heterocycles. The van der Waals surface area contributed by atoms with E-state index in [-0.39, 0.29) is 29.7 Å². The molecule has 2 amide bonds. The molecule has 3 rings (SSSR count). The van der Waals surface area contributed by atoms with E-state index in [0.717, 1.165) is 5.56 Å². The van der Waals surface area contributed by atoms with Crippen molar-refractivity contribution in [3.8, 4) is 0 Å². The van der Waals surface area contributed by atoms with Crippen molar-refractivity contribution in [2.24, 2.45) is 5.41 Å². The van der Waals surface area contributed by atoms with Crippen LogP contribution in [0.25, 0.3) is 0 Å². The van der Waals surface area contributed by atoms with Crippen molar-refractivity contribution in [2.45, 2.75) is 51.9 Å². The van der Waals surface area contributed by atoms with Gasteiger partial charge in [0.2, 0.25) is 11.8 Å². The van der Waals surface area contributed by atoms with Gasteiger partial charge in [-0.3, -0.25) is 9.59 Å². The Morgan fingerprint density at radius 2 is 1.91 bits per heavy atom. The normalized spacial score (nSPS) is 17.6. The molecule has 2 heterocycles. The maximum Gasteiger partial charge on any atom is 0.230 e. The predicted molar refractivity (Wildman–Crippen MR) is 134 cm³/mol. The summed E-state index contributed by atoms with van der Waals surface area (Å²) in [7, 11) is 0. The fourth-order valence-electron chi connectivity index (χ4n) is 3.75. The second-order valence-electron chi connectivity index (χ2n) is 9.36. The van der Waals surface area contributed by atoms with Crippen molar-refractivity contribution in [1.29, 1.82) is 0 Å². The van der Waals surface area contributed by atoms with Crippen molar-refractivity contribution >= 4 is 41.0 Å². The van der Waals surface area contributed by atoms with Crippen LogP contribution in [0.4, 0.5) is 5.82 Å². The number of amides is 2. The Morgan fingerprint density at radius 3 is 2.55 bits per heavy atom. The van der Waals surface area contributed by atoms with Gasteiger partial charge in [-0.25, -0.2) is 9.97 Å². The number of carbonyl (C=O) groups is 2. The second kappa shape index (κ2) is 10.7. The topological polar surface area (TPSA) is 78.4 Å². The molecule has 0 saturated carbocycles. The van der Waals surface area contributed by atoms with Gasteiger partial charge < -0.3 is 15.1 Å². The number of thioether (sulfide) groups is 1. The summed E-state index contributed by atoms with van der Waals surface area (Å²) in [6.45, 7) is 11.8. The Morgan fingerprint density at radius 1 is 1.21 bits per heavy atom. The lowest BCUT2D eigenvalue weighted by atomic mass is 9.93. The molecular formula is C24H32ClN5O2S. The lowest BCUT2D eigenvalue weighted by Gasteiger charge is -2.42. The van der Waals surface area contributed by atoms with Gasteiger partial charge in [0.25, 0.3) is 0 Å². The van der Waals surface area contributed by atoms with Gasteiger partial charge >= 0.3 is 0 Å². The van der Waals surface area contributed by atoms with E-state index in [9.17, 15) is 9.59 Å². The minimum absolute atomic E-state index is 0.0561. The Hall–Kier alpha value is -2.32. The first-order valence-corrected chi connectivity index (χ1v) is 12.5.